The second-order valence-electron chi connectivity index (χ2n) is 10.9. The minimum Gasteiger partial charge on any atom is -0.300 e. The maximum absolute atomic E-state index is 8.98. The Balaban J connectivity index is 1.38. The number of fused-ring (bicyclic) bond motifs is 5. The molecule has 0 saturated heterocycles. The van der Waals surface area contributed by atoms with Gasteiger partial charge in [-0.25, -0.2) is 4.98 Å². The summed E-state index contributed by atoms with van der Waals surface area (Å²) in [5, 5.41) is 12.3. The molecule has 2 heterocycles. The van der Waals surface area contributed by atoms with Crippen molar-refractivity contribution in [2.45, 2.75) is 0 Å². The molecular weight excluding hydrogens is 569 g/mol. The first-order valence-electron chi connectivity index (χ1n) is 14.9. The minimum atomic E-state index is 0.434. The fourth-order valence-electron chi connectivity index (χ4n) is 5.88. The zero-order chi connectivity index (χ0) is 30.2. The van der Waals surface area contributed by atoms with Crippen LogP contribution in [0.15, 0.2) is 158 Å². The van der Waals surface area contributed by atoms with Gasteiger partial charge in [0.15, 0.2) is 0 Å². The van der Waals surface area contributed by atoms with Gasteiger partial charge < -0.3 is 5.41 Å². The molecule has 4 nitrogen and oxygen atoms in total. The zero-order valence-corrected chi connectivity index (χ0v) is 25.1. The van der Waals surface area contributed by atoms with Crippen molar-refractivity contribution in [2.24, 2.45) is 0 Å². The molecule has 8 rings (SSSR count). The number of aromatic nitrogens is 2. The summed E-state index contributed by atoms with van der Waals surface area (Å²) in [4.78, 5) is 5.06. The average Bonchev–Trinajstić information content (AvgIpc) is 3.69. The molecular formula is C40H28N4S. The Morgan fingerprint density at radius 3 is 1.93 bits per heavy atom. The summed E-state index contributed by atoms with van der Waals surface area (Å²) >= 11 is 1.71. The topological polar surface area (TPSA) is 53.7 Å². The van der Waals surface area contributed by atoms with Crippen LogP contribution in [0.4, 0.5) is 0 Å². The summed E-state index contributed by atoms with van der Waals surface area (Å²) in [6.07, 6.45) is 1.92. The lowest BCUT2D eigenvalue weighted by Gasteiger charge is -2.16. The predicted molar refractivity (Wildman–Crippen MR) is 191 cm³/mol. The Hall–Kier alpha value is -5.78. The molecule has 214 valence electrons. The number of thiazole rings is 1. The average molecular weight is 597 g/mol. The molecule has 0 aliphatic rings. The second-order valence-corrected chi connectivity index (χ2v) is 11.9. The number of hydrogen-bond donors (Lipinski definition) is 2. The third-order valence-electron chi connectivity index (χ3n) is 8.10. The van der Waals surface area contributed by atoms with Crippen LogP contribution < -0.4 is 5.43 Å². The monoisotopic (exact) mass is 596 g/mol. The number of allylic oxidation sites excluding steroid dienone is 1. The highest BCUT2D eigenvalue weighted by Crippen LogP contribution is 2.40. The molecule has 0 atom stereocenters. The fraction of sp³-hybridized carbons (Fsp3) is 0. The lowest BCUT2D eigenvalue weighted by atomic mass is 10.0. The van der Waals surface area contributed by atoms with Gasteiger partial charge in [0.2, 0.25) is 0 Å². The van der Waals surface area contributed by atoms with Crippen LogP contribution in [0, 0.1) is 5.41 Å². The minimum absolute atomic E-state index is 0.434. The fourth-order valence-corrected chi connectivity index (χ4v) is 6.99. The van der Waals surface area contributed by atoms with Crippen molar-refractivity contribution in [3.05, 3.63) is 169 Å². The standard InChI is InChI=1S/C40H28N4S/c41-34(28-15-7-2-8-16-28)26-36(29-17-9-3-10-18-29)43-44-37-24-21-31(27-13-5-1-6-14-27)25-33(37)32-22-23-35-39(38(32)44)45-40(42-35)30-19-11-4-12-20-30/h1-26,41,43H/b36-26-,41-34?. The highest BCUT2D eigenvalue weighted by atomic mass is 32.1. The summed E-state index contributed by atoms with van der Waals surface area (Å²) in [5.41, 5.74) is 13.4. The molecule has 0 fully saturated rings. The van der Waals surface area contributed by atoms with Crippen molar-refractivity contribution in [3.8, 4) is 21.7 Å². The van der Waals surface area contributed by atoms with E-state index >= 15 is 0 Å². The Morgan fingerprint density at radius 1 is 0.622 bits per heavy atom. The van der Waals surface area contributed by atoms with Crippen LogP contribution in [0.1, 0.15) is 11.1 Å². The summed E-state index contributed by atoms with van der Waals surface area (Å²) in [6.45, 7) is 0. The van der Waals surface area contributed by atoms with E-state index in [0.717, 1.165) is 59.4 Å². The lowest BCUT2D eigenvalue weighted by Crippen LogP contribution is -2.14. The van der Waals surface area contributed by atoms with Gasteiger partial charge in [0.1, 0.15) is 5.01 Å². The van der Waals surface area contributed by atoms with Gasteiger partial charge in [-0.3, -0.25) is 10.1 Å². The molecule has 6 aromatic carbocycles. The van der Waals surface area contributed by atoms with Crippen molar-refractivity contribution in [1.29, 1.82) is 5.41 Å². The predicted octanol–water partition coefficient (Wildman–Crippen LogP) is 10.4. The molecule has 0 aliphatic heterocycles. The van der Waals surface area contributed by atoms with Crippen molar-refractivity contribution < 1.29 is 0 Å². The SMILES string of the molecule is N=C(/C=C(\Nn1c2ccc(-c3ccccc3)cc2c2ccc3nc(-c4ccccc4)sc3c21)c1ccccc1)c1ccccc1. The molecule has 0 bridgehead atoms. The van der Waals surface area contributed by atoms with Crippen molar-refractivity contribution in [3.63, 3.8) is 0 Å². The van der Waals surface area contributed by atoms with Crippen LogP contribution in [0.5, 0.6) is 0 Å². The third kappa shape index (κ3) is 4.99. The van der Waals surface area contributed by atoms with Gasteiger partial charge in [-0.05, 0) is 52.6 Å². The molecule has 0 saturated carbocycles. The van der Waals surface area contributed by atoms with Crippen LogP contribution in [-0.4, -0.2) is 15.4 Å². The molecule has 0 unspecified atom stereocenters. The van der Waals surface area contributed by atoms with E-state index in [2.05, 4.69) is 101 Å². The van der Waals surface area contributed by atoms with Gasteiger partial charge >= 0.3 is 0 Å². The van der Waals surface area contributed by atoms with Gasteiger partial charge in [0.05, 0.1) is 32.7 Å². The maximum Gasteiger partial charge on any atom is 0.124 e. The number of nitrogens with one attached hydrogen (secondary N) is 2. The Kier molecular flexibility index (Phi) is 6.78. The zero-order valence-electron chi connectivity index (χ0n) is 24.3. The van der Waals surface area contributed by atoms with E-state index in [9.17, 15) is 0 Å². The van der Waals surface area contributed by atoms with Gasteiger partial charge in [0, 0.05) is 16.3 Å². The van der Waals surface area contributed by atoms with E-state index < -0.39 is 0 Å². The number of benzene rings is 6. The Morgan fingerprint density at radius 2 is 1.24 bits per heavy atom. The van der Waals surface area contributed by atoms with Gasteiger partial charge in [-0.15, -0.1) is 11.3 Å². The van der Waals surface area contributed by atoms with E-state index in [1.54, 1.807) is 11.3 Å². The molecule has 2 aromatic heterocycles. The van der Waals surface area contributed by atoms with E-state index in [-0.39, 0.29) is 0 Å². The van der Waals surface area contributed by atoms with E-state index in [1.807, 2.05) is 66.7 Å². The number of nitrogens with zero attached hydrogens (tertiary/aromatic N) is 2. The largest absolute Gasteiger partial charge is 0.300 e. The molecule has 2 N–H and O–H groups in total. The highest BCUT2D eigenvalue weighted by molar-refractivity contribution is 7.22. The normalized spacial score (nSPS) is 11.8. The van der Waals surface area contributed by atoms with E-state index in [1.165, 1.54) is 11.1 Å². The second kappa shape index (κ2) is 11.4. The third-order valence-corrected chi connectivity index (χ3v) is 9.23. The Labute approximate surface area is 265 Å². The Bertz CT molecular complexity index is 2300. The lowest BCUT2D eigenvalue weighted by molar-refractivity contribution is 1.07. The van der Waals surface area contributed by atoms with Gasteiger partial charge in [-0.2, -0.15) is 0 Å². The molecule has 0 spiro atoms. The van der Waals surface area contributed by atoms with Crippen LogP contribution in [-0.2, 0) is 0 Å². The van der Waals surface area contributed by atoms with Crippen molar-refractivity contribution in [1.82, 2.24) is 9.66 Å². The van der Waals surface area contributed by atoms with Crippen LogP contribution in [0.2, 0.25) is 0 Å². The molecule has 0 amide bonds. The van der Waals surface area contributed by atoms with Crippen molar-refractivity contribution >= 4 is 54.8 Å². The first-order chi connectivity index (χ1) is 22.2. The van der Waals surface area contributed by atoms with E-state index in [0.29, 0.717) is 5.71 Å². The summed E-state index contributed by atoms with van der Waals surface area (Å²) < 4.78 is 3.30. The van der Waals surface area contributed by atoms with Crippen molar-refractivity contribution in [2.75, 3.05) is 5.43 Å². The first kappa shape index (κ1) is 26.8. The van der Waals surface area contributed by atoms with Crippen LogP contribution >= 0.6 is 11.3 Å². The van der Waals surface area contributed by atoms with Gasteiger partial charge in [-0.1, -0.05) is 127 Å². The molecule has 0 radical (unpaired) electrons. The quantitative estimate of drug-likeness (QED) is 0.180. The number of rotatable bonds is 7. The first-order valence-corrected chi connectivity index (χ1v) is 15.7. The highest BCUT2D eigenvalue weighted by Gasteiger charge is 2.19. The van der Waals surface area contributed by atoms with Crippen LogP contribution in [0.3, 0.4) is 0 Å². The molecule has 8 aromatic rings. The number of hydrogen-bond acceptors (Lipinski definition) is 4. The molecule has 5 heteroatoms. The van der Waals surface area contributed by atoms with E-state index in [4.69, 9.17) is 10.4 Å². The summed E-state index contributed by atoms with van der Waals surface area (Å²) in [6, 6.07) is 52.0. The summed E-state index contributed by atoms with van der Waals surface area (Å²) in [5.74, 6) is 0. The van der Waals surface area contributed by atoms with Crippen LogP contribution in [0.25, 0.3) is 59.4 Å². The maximum atomic E-state index is 8.98. The summed E-state index contributed by atoms with van der Waals surface area (Å²) in [7, 11) is 0. The smallest absolute Gasteiger partial charge is 0.124 e. The van der Waals surface area contributed by atoms with Gasteiger partial charge in [0.25, 0.3) is 0 Å². The molecule has 45 heavy (non-hydrogen) atoms. The molecule has 0 aliphatic carbocycles.